The molecule has 0 aliphatic heterocycles. The van der Waals surface area contributed by atoms with Crippen LogP contribution >= 0.6 is 23.2 Å². The highest BCUT2D eigenvalue weighted by Gasteiger charge is 2.16. The first-order chi connectivity index (χ1) is 12.1. The summed E-state index contributed by atoms with van der Waals surface area (Å²) >= 11 is 12.0. The number of fused-ring (bicyclic) bond motifs is 1. The van der Waals surface area contributed by atoms with Gasteiger partial charge in [-0.2, -0.15) is 0 Å². The molecule has 0 fully saturated rings. The summed E-state index contributed by atoms with van der Waals surface area (Å²) in [5.74, 6) is 0.198. The van der Waals surface area contributed by atoms with E-state index in [2.05, 4.69) is 16.4 Å². The van der Waals surface area contributed by atoms with Crippen LogP contribution in [0.1, 0.15) is 12.5 Å². The number of hydrogen-bond acceptors (Lipinski definition) is 2. The van der Waals surface area contributed by atoms with Crippen LogP contribution in [0.4, 0.5) is 0 Å². The molecule has 0 spiro atoms. The fourth-order valence-electron chi connectivity index (χ4n) is 2.62. The second-order valence-corrected chi connectivity index (χ2v) is 6.50. The van der Waals surface area contributed by atoms with Crippen LogP contribution in [0.3, 0.4) is 0 Å². The number of para-hydroxylation sites is 1. The van der Waals surface area contributed by atoms with Gasteiger partial charge in [-0.15, -0.1) is 0 Å². The molecule has 1 unspecified atom stereocenters. The minimum Gasteiger partial charge on any atom is -0.479 e. The Morgan fingerprint density at radius 2 is 2.00 bits per heavy atom. The van der Waals surface area contributed by atoms with Crippen molar-refractivity contribution < 1.29 is 9.53 Å². The van der Waals surface area contributed by atoms with Crippen LogP contribution in [0, 0.1) is 0 Å². The lowest BCUT2D eigenvalue weighted by Crippen LogP contribution is -2.37. The van der Waals surface area contributed by atoms with Gasteiger partial charge in [-0.05, 0) is 37.1 Å². The lowest BCUT2D eigenvalue weighted by molar-refractivity contribution is -0.127. The van der Waals surface area contributed by atoms with Gasteiger partial charge in [0.2, 0.25) is 0 Å². The topological polar surface area (TPSA) is 54.1 Å². The Balaban J connectivity index is 1.54. The number of benzene rings is 2. The Morgan fingerprint density at radius 3 is 2.84 bits per heavy atom. The second-order valence-electron chi connectivity index (χ2n) is 5.71. The number of amides is 1. The third kappa shape index (κ3) is 4.09. The van der Waals surface area contributed by atoms with E-state index in [1.165, 1.54) is 10.9 Å². The number of carbonyl (C=O) groups excluding carboxylic acids is 1. The molecule has 3 aromatic rings. The molecular weight excluding hydrogens is 359 g/mol. The highest BCUT2D eigenvalue weighted by molar-refractivity contribution is 6.42. The molecule has 0 saturated carbocycles. The fraction of sp³-hybridized carbons (Fsp3) is 0.211. The van der Waals surface area contributed by atoms with E-state index < -0.39 is 6.10 Å². The van der Waals surface area contributed by atoms with E-state index in [9.17, 15) is 4.79 Å². The van der Waals surface area contributed by atoms with Crippen molar-refractivity contribution in [3.05, 3.63) is 64.3 Å². The third-order valence-electron chi connectivity index (χ3n) is 3.96. The minimum absolute atomic E-state index is 0.198. The Morgan fingerprint density at radius 1 is 1.20 bits per heavy atom. The normalized spacial score (nSPS) is 12.1. The van der Waals surface area contributed by atoms with Crippen LogP contribution in [0.25, 0.3) is 10.9 Å². The molecule has 1 atom stereocenters. The molecule has 0 aliphatic carbocycles. The average Bonchev–Trinajstić information content (AvgIpc) is 3.02. The first kappa shape index (κ1) is 17.6. The van der Waals surface area contributed by atoms with E-state index in [-0.39, 0.29) is 5.91 Å². The molecule has 130 valence electrons. The maximum atomic E-state index is 12.2. The predicted octanol–water partition coefficient (Wildman–Crippen LogP) is 4.60. The van der Waals surface area contributed by atoms with E-state index in [0.29, 0.717) is 22.3 Å². The van der Waals surface area contributed by atoms with Crippen LogP contribution in [0.15, 0.2) is 48.7 Å². The molecule has 25 heavy (non-hydrogen) atoms. The summed E-state index contributed by atoms with van der Waals surface area (Å²) < 4.78 is 5.61. The number of aromatic amines is 1. The maximum absolute atomic E-state index is 12.2. The Bertz CT molecular complexity index is 892. The van der Waals surface area contributed by atoms with E-state index in [1.807, 2.05) is 24.4 Å². The molecule has 0 bridgehead atoms. The molecule has 1 aromatic heterocycles. The highest BCUT2D eigenvalue weighted by Crippen LogP contribution is 2.32. The number of carbonyl (C=O) groups is 1. The molecular formula is C19H18Cl2N2O2. The van der Waals surface area contributed by atoms with Gasteiger partial charge in [0.1, 0.15) is 10.8 Å². The fourth-order valence-corrected chi connectivity index (χ4v) is 2.96. The van der Waals surface area contributed by atoms with E-state index in [0.717, 1.165) is 11.9 Å². The minimum atomic E-state index is -0.668. The molecule has 0 radical (unpaired) electrons. The maximum Gasteiger partial charge on any atom is 0.260 e. The molecule has 2 aromatic carbocycles. The summed E-state index contributed by atoms with van der Waals surface area (Å²) in [5.41, 5.74) is 2.26. The second kappa shape index (κ2) is 7.81. The van der Waals surface area contributed by atoms with Crippen molar-refractivity contribution in [2.75, 3.05) is 6.54 Å². The Hall–Kier alpha value is -2.17. The number of aromatic nitrogens is 1. The molecule has 0 saturated heterocycles. The quantitative estimate of drug-likeness (QED) is 0.660. The summed E-state index contributed by atoms with van der Waals surface area (Å²) in [6, 6.07) is 13.2. The van der Waals surface area contributed by atoms with Crippen LogP contribution in [-0.4, -0.2) is 23.5 Å². The van der Waals surface area contributed by atoms with Crippen molar-refractivity contribution in [3.63, 3.8) is 0 Å². The van der Waals surface area contributed by atoms with Crippen molar-refractivity contribution in [3.8, 4) is 5.75 Å². The Kier molecular flexibility index (Phi) is 5.51. The summed E-state index contributed by atoms with van der Waals surface area (Å²) in [5, 5.41) is 4.76. The van der Waals surface area contributed by atoms with Gasteiger partial charge in [0.05, 0.1) is 5.02 Å². The lowest BCUT2D eigenvalue weighted by Gasteiger charge is -2.16. The van der Waals surface area contributed by atoms with Gasteiger partial charge < -0.3 is 15.0 Å². The summed E-state index contributed by atoms with van der Waals surface area (Å²) in [6.45, 7) is 2.20. The summed E-state index contributed by atoms with van der Waals surface area (Å²) in [4.78, 5) is 15.4. The number of H-pyrrole nitrogens is 1. The zero-order chi connectivity index (χ0) is 17.8. The van der Waals surface area contributed by atoms with Crippen LogP contribution in [0.5, 0.6) is 5.75 Å². The summed E-state index contributed by atoms with van der Waals surface area (Å²) in [6.07, 6.45) is 2.04. The third-order valence-corrected chi connectivity index (χ3v) is 4.76. The molecule has 1 heterocycles. The van der Waals surface area contributed by atoms with E-state index in [1.54, 1.807) is 25.1 Å². The summed E-state index contributed by atoms with van der Waals surface area (Å²) in [7, 11) is 0. The van der Waals surface area contributed by atoms with Gasteiger partial charge in [0.15, 0.2) is 6.10 Å². The SMILES string of the molecule is CC(Oc1cccc(Cl)c1Cl)C(=O)NCCc1c[nH]c2ccccc12. The van der Waals surface area contributed by atoms with Crippen molar-refractivity contribution in [1.29, 1.82) is 0 Å². The first-order valence-corrected chi connectivity index (χ1v) is 8.75. The van der Waals surface area contributed by atoms with E-state index >= 15 is 0 Å². The average molecular weight is 377 g/mol. The number of nitrogens with one attached hydrogen (secondary N) is 2. The van der Waals surface area contributed by atoms with Crippen LogP contribution in [-0.2, 0) is 11.2 Å². The number of halogens is 2. The smallest absolute Gasteiger partial charge is 0.260 e. The van der Waals surface area contributed by atoms with Gasteiger partial charge in [-0.25, -0.2) is 0 Å². The monoisotopic (exact) mass is 376 g/mol. The largest absolute Gasteiger partial charge is 0.479 e. The molecule has 6 heteroatoms. The van der Waals surface area contributed by atoms with Gasteiger partial charge in [-0.3, -0.25) is 4.79 Å². The van der Waals surface area contributed by atoms with Crippen LogP contribution < -0.4 is 10.1 Å². The predicted molar refractivity (Wildman–Crippen MR) is 102 cm³/mol. The molecule has 2 N–H and O–H groups in total. The number of ether oxygens (including phenoxy) is 1. The van der Waals surface area contributed by atoms with Crippen molar-refractivity contribution in [1.82, 2.24) is 10.3 Å². The van der Waals surface area contributed by atoms with Crippen molar-refractivity contribution >= 4 is 40.0 Å². The Labute approximate surface area is 156 Å². The van der Waals surface area contributed by atoms with Crippen LogP contribution in [0.2, 0.25) is 10.0 Å². The van der Waals surface area contributed by atoms with E-state index in [4.69, 9.17) is 27.9 Å². The molecule has 0 aliphatic rings. The van der Waals surface area contributed by atoms with Gasteiger partial charge >= 0.3 is 0 Å². The lowest BCUT2D eigenvalue weighted by atomic mass is 10.1. The molecule has 1 amide bonds. The van der Waals surface area contributed by atoms with Crippen molar-refractivity contribution in [2.45, 2.75) is 19.4 Å². The molecule has 4 nitrogen and oxygen atoms in total. The first-order valence-electron chi connectivity index (χ1n) is 7.99. The zero-order valence-electron chi connectivity index (χ0n) is 13.7. The van der Waals surface area contributed by atoms with Crippen molar-refractivity contribution in [2.24, 2.45) is 0 Å². The number of hydrogen-bond donors (Lipinski definition) is 2. The zero-order valence-corrected chi connectivity index (χ0v) is 15.2. The van der Waals surface area contributed by atoms with Gasteiger partial charge in [-0.1, -0.05) is 47.5 Å². The van der Waals surface area contributed by atoms with Gasteiger partial charge in [0, 0.05) is 23.6 Å². The molecule has 3 rings (SSSR count). The number of rotatable bonds is 6. The highest BCUT2D eigenvalue weighted by atomic mass is 35.5. The standard InChI is InChI=1S/C19H18Cl2N2O2/c1-12(25-17-8-4-6-15(20)18(17)21)19(24)22-10-9-13-11-23-16-7-3-2-5-14(13)16/h2-8,11-12,23H,9-10H2,1H3,(H,22,24). The van der Waals surface area contributed by atoms with Gasteiger partial charge in [0.25, 0.3) is 5.91 Å².